The first kappa shape index (κ1) is 17.6. The van der Waals surface area contributed by atoms with Gasteiger partial charge in [0.1, 0.15) is 12.2 Å². The summed E-state index contributed by atoms with van der Waals surface area (Å²) in [6.45, 7) is 6.38. The summed E-state index contributed by atoms with van der Waals surface area (Å²) in [6, 6.07) is 15.7. The van der Waals surface area contributed by atoms with Gasteiger partial charge in [0.2, 0.25) is 11.2 Å². The first-order valence-corrected chi connectivity index (χ1v) is 9.71. The van der Waals surface area contributed by atoms with Gasteiger partial charge in [0.25, 0.3) is 0 Å². The van der Waals surface area contributed by atoms with E-state index in [1.165, 1.54) is 0 Å². The summed E-state index contributed by atoms with van der Waals surface area (Å²) in [4.78, 5) is 14.3. The molecule has 0 unspecified atom stereocenters. The number of aryl methyl sites for hydroxylation is 3. The molecule has 0 spiro atoms. The van der Waals surface area contributed by atoms with Crippen LogP contribution in [0.15, 0.2) is 63.1 Å². The molecular formula is C23H20O3S. The van der Waals surface area contributed by atoms with Crippen molar-refractivity contribution in [2.45, 2.75) is 27.4 Å². The molecule has 136 valence electrons. The Hall–Kier alpha value is -2.85. The molecule has 2 aromatic carbocycles. The van der Waals surface area contributed by atoms with Crippen LogP contribution in [0, 0.1) is 20.8 Å². The maximum atomic E-state index is 13.2. The first-order valence-electron chi connectivity index (χ1n) is 8.83. The van der Waals surface area contributed by atoms with Gasteiger partial charge in [0.15, 0.2) is 5.76 Å². The Labute approximate surface area is 161 Å². The van der Waals surface area contributed by atoms with Gasteiger partial charge in [-0.2, -0.15) is 0 Å². The lowest BCUT2D eigenvalue weighted by Gasteiger charge is -2.12. The fraction of sp³-hybridized carbons (Fsp3) is 0.174. The van der Waals surface area contributed by atoms with Gasteiger partial charge in [-0.1, -0.05) is 35.9 Å². The van der Waals surface area contributed by atoms with E-state index in [-0.39, 0.29) is 11.2 Å². The molecule has 0 fully saturated rings. The molecule has 0 saturated heterocycles. The number of rotatable bonds is 4. The molecule has 0 aliphatic rings. The number of thiophene rings is 1. The molecule has 0 N–H and O–H groups in total. The number of hydrogen-bond donors (Lipinski definition) is 0. The second-order valence-corrected chi connectivity index (χ2v) is 7.79. The summed E-state index contributed by atoms with van der Waals surface area (Å²) in [6.07, 6.45) is 0. The quantitative estimate of drug-likeness (QED) is 0.437. The number of fused-ring (bicyclic) bond motifs is 1. The van der Waals surface area contributed by atoms with Crippen molar-refractivity contribution in [3.8, 4) is 17.1 Å². The van der Waals surface area contributed by atoms with Crippen LogP contribution < -0.4 is 10.2 Å². The van der Waals surface area contributed by atoms with Gasteiger partial charge in [-0.05, 0) is 55.5 Å². The highest BCUT2D eigenvalue weighted by Gasteiger charge is 2.18. The zero-order valence-corrected chi connectivity index (χ0v) is 16.4. The van der Waals surface area contributed by atoms with Gasteiger partial charge in [-0.15, -0.1) is 11.3 Å². The summed E-state index contributed by atoms with van der Waals surface area (Å²) in [5, 5.41) is 2.55. The van der Waals surface area contributed by atoms with E-state index in [2.05, 4.69) is 0 Å². The maximum Gasteiger partial charge on any atom is 0.235 e. The maximum absolute atomic E-state index is 13.2. The van der Waals surface area contributed by atoms with E-state index < -0.39 is 0 Å². The van der Waals surface area contributed by atoms with Crippen LogP contribution in [0.2, 0.25) is 0 Å². The molecule has 0 bridgehead atoms. The topological polar surface area (TPSA) is 39.4 Å². The Kier molecular flexibility index (Phi) is 4.58. The summed E-state index contributed by atoms with van der Waals surface area (Å²) in [5.74, 6) is 0.746. The van der Waals surface area contributed by atoms with Crippen LogP contribution in [0.5, 0.6) is 5.75 Å². The average molecular weight is 376 g/mol. The van der Waals surface area contributed by atoms with Crippen LogP contribution in [0.1, 0.15) is 21.6 Å². The summed E-state index contributed by atoms with van der Waals surface area (Å²) in [7, 11) is 0. The van der Waals surface area contributed by atoms with Crippen molar-refractivity contribution in [1.82, 2.24) is 0 Å². The number of ether oxygens (including phenoxy) is 1. The van der Waals surface area contributed by atoms with Crippen LogP contribution in [0.4, 0.5) is 0 Å². The molecule has 27 heavy (non-hydrogen) atoms. The van der Waals surface area contributed by atoms with E-state index in [1.54, 1.807) is 11.3 Å². The van der Waals surface area contributed by atoms with Crippen molar-refractivity contribution in [3.05, 3.63) is 85.7 Å². The van der Waals surface area contributed by atoms with Gasteiger partial charge < -0.3 is 9.15 Å². The molecule has 0 radical (unpaired) electrons. The van der Waals surface area contributed by atoms with Crippen LogP contribution in [0.25, 0.3) is 22.3 Å². The Morgan fingerprint density at radius 2 is 1.74 bits per heavy atom. The highest BCUT2D eigenvalue weighted by atomic mass is 32.1. The Morgan fingerprint density at radius 1 is 1.00 bits per heavy atom. The monoisotopic (exact) mass is 376 g/mol. The van der Waals surface area contributed by atoms with Crippen molar-refractivity contribution >= 4 is 22.3 Å². The Morgan fingerprint density at radius 3 is 2.44 bits per heavy atom. The summed E-state index contributed by atoms with van der Waals surface area (Å²) in [5.41, 5.74) is 4.58. The molecule has 0 atom stereocenters. The van der Waals surface area contributed by atoms with E-state index in [4.69, 9.17) is 9.15 Å². The molecule has 4 aromatic rings. The third-order valence-electron chi connectivity index (χ3n) is 4.72. The van der Waals surface area contributed by atoms with Crippen molar-refractivity contribution < 1.29 is 9.15 Å². The molecule has 2 aromatic heterocycles. The lowest BCUT2D eigenvalue weighted by Crippen LogP contribution is -2.10. The van der Waals surface area contributed by atoms with E-state index in [0.29, 0.717) is 23.3 Å². The van der Waals surface area contributed by atoms with Gasteiger partial charge in [-0.25, -0.2) is 0 Å². The predicted octanol–water partition coefficient (Wildman–Crippen LogP) is 6.03. The molecule has 0 amide bonds. The lowest BCUT2D eigenvalue weighted by atomic mass is 10.0. The number of hydrogen-bond acceptors (Lipinski definition) is 4. The first-order chi connectivity index (χ1) is 13.0. The van der Waals surface area contributed by atoms with Gasteiger partial charge in [-0.3, -0.25) is 4.79 Å². The molecule has 3 nitrogen and oxygen atoms in total. The second kappa shape index (κ2) is 7.05. The molecule has 2 heterocycles. The van der Waals surface area contributed by atoms with Gasteiger partial charge in [0, 0.05) is 10.4 Å². The molecule has 4 rings (SSSR count). The van der Waals surface area contributed by atoms with Crippen molar-refractivity contribution in [1.29, 1.82) is 0 Å². The molecule has 0 saturated carbocycles. The fourth-order valence-electron chi connectivity index (χ4n) is 3.00. The van der Waals surface area contributed by atoms with Crippen LogP contribution in [-0.2, 0) is 6.61 Å². The van der Waals surface area contributed by atoms with Crippen molar-refractivity contribution in [2.24, 2.45) is 0 Å². The Bertz CT molecular complexity index is 1150. The van der Waals surface area contributed by atoms with E-state index in [0.717, 1.165) is 27.1 Å². The smallest absolute Gasteiger partial charge is 0.235 e. The molecule has 4 heteroatoms. The standard InChI is InChI=1S/C23H20O3S/c1-14-6-8-17(9-7-14)22-23(25-13-18-5-4-10-27-18)21(24)19-11-15(2)16(3)12-20(19)26-22/h4-12H,13H2,1-3H3. The fourth-order valence-corrected chi connectivity index (χ4v) is 3.61. The predicted molar refractivity (Wildman–Crippen MR) is 111 cm³/mol. The van der Waals surface area contributed by atoms with Crippen LogP contribution in [-0.4, -0.2) is 0 Å². The van der Waals surface area contributed by atoms with Gasteiger partial charge in [0.05, 0.1) is 5.39 Å². The SMILES string of the molecule is Cc1ccc(-c2oc3cc(C)c(C)cc3c(=O)c2OCc2cccs2)cc1. The van der Waals surface area contributed by atoms with E-state index in [9.17, 15) is 4.79 Å². The zero-order valence-electron chi connectivity index (χ0n) is 15.5. The third-order valence-corrected chi connectivity index (χ3v) is 5.57. The molecule has 0 aliphatic heterocycles. The average Bonchev–Trinajstić information content (AvgIpc) is 3.17. The minimum atomic E-state index is -0.133. The minimum absolute atomic E-state index is 0.133. The highest BCUT2D eigenvalue weighted by Crippen LogP contribution is 2.32. The van der Waals surface area contributed by atoms with Gasteiger partial charge >= 0.3 is 0 Å². The second-order valence-electron chi connectivity index (χ2n) is 6.76. The molecule has 0 aliphatic carbocycles. The van der Waals surface area contributed by atoms with Crippen molar-refractivity contribution in [3.63, 3.8) is 0 Å². The normalized spacial score (nSPS) is 11.1. The van der Waals surface area contributed by atoms with Crippen LogP contribution in [0.3, 0.4) is 0 Å². The largest absolute Gasteiger partial charge is 0.481 e. The van der Waals surface area contributed by atoms with E-state index in [1.807, 2.05) is 74.7 Å². The van der Waals surface area contributed by atoms with Crippen LogP contribution >= 0.6 is 11.3 Å². The molecular weight excluding hydrogens is 356 g/mol. The number of benzene rings is 2. The van der Waals surface area contributed by atoms with E-state index >= 15 is 0 Å². The lowest BCUT2D eigenvalue weighted by molar-refractivity contribution is 0.301. The zero-order chi connectivity index (χ0) is 19.0. The Balaban J connectivity index is 1.91. The summed E-state index contributed by atoms with van der Waals surface area (Å²) >= 11 is 1.60. The highest BCUT2D eigenvalue weighted by molar-refractivity contribution is 7.09. The third kappa shape index (κ3) is 3.40. The minimum Gasteiger partial charge on any atom is -0.481 e. The summed E-state index contributed by atoms with van der Waals surface area (Å²) < 4.78 is 12.2. The van der Waals surface area contributed by atoms with Crippen molar-refractivity contribution in [2.75, 3.05) is 0 Å².